The maximum Gasteiger partial charge on any atom is 0.326 e. The number of ketones is 1. The third-order valence-electron chi connectivity index (χ3n) is 4.17. The van der Waals surface area contributed by atoms with Crippen molar-refractivity contribution in [1.29, 1.82) is 0 Å². The summed E-state index contributed by atoms with van der Waals surface area (Å²) >= 11 is 3.25. The minimum Gasteiger partial charge on any atom is -0.460 e. The van der Waals surface area contributed by atoms with E-state index in [4.69, 9.17) is 4.74 Å². The van der Waals surface area contributed by atoms with Gasteiger partial charge in [0.05, 0.1) is 0 Å². The summed E-state index contributed by atoms with van der Waals surface area (Å²) in [6, 6.07) is 13.4. The highest BCUT2D eigenvalue weighted by molar-refractivity contribution is 9.10. The van der Waals surface area contributed by atoms with Crippen LogP contribution in [0.2, 0.25) is 0 Å². The molecular formula is C18H13BrF2O3. The maximum absolute atomic E-state index is 13.8. The molecule has 2 aromatic rings. The number of esters is 1. The standard InChI is InChI=1S/C18H13BrF2O3/c19-14-8-4-7-12-13(14)9-18(15(12)22,16(20)21)17(23)24-10-11-5-2-1-3-6-11/h1-8,16H,9-10H2. The van der Waals surface area contributed by atoms with Gasteiger partial charge in [0.1, 0.15) is 6.61 Å². The molecule has 0 spiro atoms. The van der Waals surface area contributed by atoms with Crippen LogP contribution in [0.5, 0.6) is 0 Å². The van der Waals surface area contributed by atoms with Crippen LogP contribution in [0.3, 0.4) is 0 Å². The van der Waals surface area contributed by atoms with E-state index in [2.05, 4.69) is 15.9 Å². The largest absolute Gasteiger partial charge is 0.460 e. The lowest BCUT2D eigenvalue weighted by atomic mass is 9.84. The van der Waals surface area contributed by atoms with Crippen molar-refractivity contribution in [3.63, 3.8) is 0 Å². The molecule has 0 aromatic heterocycles. The first-order valence-corrected chi connectivity index (χ1v) is 8.07. The molecule has 0 N–H and O–H groups in total. The highest BCUT2D eigenvalue weighted by atomic mass is 79.9. The number of halogens is 3. The summed E-state index contributed by atoms with van der Waals surface area (Å²) in [6.07, 6.45) is -3.51. The molecule has 1 unspecified atom stereocenters. The molecular weight excluding hydrogens is 382 g/mol. The number of carbonyl (C=O) groups is 2. The van der Waals surface area contributed by atoms with Crippen molar-refractivity contribution in [2.75, 3.05) is 0 Å². The van der Waals surface area contributed by atoms with E-state index >= 15 is 0 Å². The lowest BCUT2D eigenvalue weighted by Crippen LogP contribution is -2.45. The molecule has 0 fully saturated rings. The van der Waals surface area contributed by atoms with Gasteiger partial charge in [-0.25, -0.2) is 8.78 Å². The predicted molar refractivity (Wildman–Crippen MR) is 86.9 cm³/mol. The van der Waals surface area contributed by atoms with Gasteiger partial charge >= 0.3 is 5.97 Å². The van der Waals surface area contributed by atoms with Gasteiger partial charge in [0.25, 0.3) is 6.43 Å². The van der Waals surface area contributed by atoms with Crippen LogP contribution in [-0.2, 0) is 22.6 Å². The topological polar surface area (TPSA) is 43.4 Å². The van der Waals surface area contributed by atoms with Crippen molar-refractivity contribution in [2.24, 2.45) is 5.41 Å². The summed E-state index contributed by atoms with van der Waals surface area (Å²) in [4.78, 5) is 25.0. The van der Waals surface area contributed by atoms with Crippen LogP contribution < -0.4 is 0 Å². The van der Waals surface area contributed by atoms with Gasteiger partial charge in [-0.05, 0) is 17.2 Å². The van der Waals surface area contributed by atoms with Gasteiger partial charge < -0.3 is 4.74 Å². The first-order valence-electron chi connectivity index (χ1n) is 7.28. The number of alkyl halides is 2. The molecule has 24 heavy (non-hydrogen) atoms. The Morgan fingerprint density at radius 2 is 1.88 bits per heavy atom. The average molecular weight is 395 g/mol. The summed E-state index contributed by atoms with van der Waals surface area (Å²) in [5.74, 6) is -2.07. The quantitative estimate of drug-likeness (QED) is 0.576. The molecule has 0 bridgehead atoms. The molecule has 1 atom stereocenters. The third kappa shape index (κ3) is 2.65. The molecule has 1 aliphatic rings. The van der Waals surface area contributed by atoms with Gasteiger partial charge in [0.2, 0.25) is 0 Å². The second-order valence-corrected chi connectivity index (χ2v) is 6.46. The first kappa shape index (κ1) is 16.8. The monoisotopic (exact) mass is 394 g/mol. The molecule has 3 nitrogen and oxygen atoms in total. The second kappa shape index (κ2) is 6.43. The molecule has 6 heteroatoms. The van der Waals surface area contributed by atoms with Gasteiger partial charge in [-0.1, -0.05) is 58.4 Å². The first-order chi connectivity index (χ1) is 11.5. The Labute approximate surface area is 145 Å². The molecule has 0 radical (unpaired) electrons. The lowest BCUT2D eigenvalue weighted by molar-refractivity contribution is -0.161. The Hall–Kier alpha value is -2.08. The molecule has 0 aliphatic heterocycles. The molecule has 0 amide bonds. The molecule has 0 heterocycles. The van der Waals surface area contributed by atoms with Crippen LogP contribution >= 0.6 is 15.9 Å². The van der Waals surface area contributed by atoms with E-state index in [1.165, 1.54) is 6.07 Å². The van der Waals surface area contributed by atoms with Crippen LogP contribution in [0.15, 0.2) is 53.0 Å². The maximum atomic E-state index is 13.8. The van der Waals surface area contributed by atoms with Crippen molar-refractivity contribution in [3.8, 4) is 0 Å². The van der Waals surface area contributed by atoms with Gasteiger partial charge in [-0.2, -0.15) is 0 Å². The molecule has 3 rings (SSSR count). The summed E-state index contributed by atoms with van der Waals surface area (Å²) in [6.45, 7) is -0.154. The van der Waals surface area contributed by atoms with Crippen LogP contribution in [0, 0.1) is 5.41 Å². The van der Waals surface area contributed by atoms with Crippen LogP contribution in [0.4, 0.5) is 8.78 Å². The smallest absolute Gasteiger partial charge is 0.326 e. The summed E-state index contributed by atoms with van der Waals surface area (Å²) < 4.78 is 33.2. The van der Waals surface area contributed by atoms with Gasteiger partial charge in [-0.3, -0.25) is 9.59 Å². The molecule has 0 saturated heterocycles. The number of fused-ring (bicyclic) bond motifs is 1. The fraction of sp³-hybridized carbons (Fsp3) is 0.222. The molecule has 124 valence electrons. The zero-order chi connectivity index (χ0) is 17.3. The number of hydrogen-bond donors (Lipinski definition) is 0. The van der Waals surface area contributed by atoms with E-state index in [9.17, 15) is 18.4 Å². The summed E-state index contributed by atoms with van der Waals surface area (Å²) in [5.41, 5.74) is -1.25. The fourth-order valence-electron chi connectivity index (χ4n) is 2.83. The van der Waals surface area contributed by atoms with E-state index in [1.54, 1.807) is 42.5 Å². The zero-order valence-electron chi connectivity index (χ0n) is 12.5. The van der Waals surface area contributed by atoms with E-state index in [0.717, 1.165) is 0 Å². The van der Waals surface area contributed by atoms with E-state index in [1.807, 2.05) is 0 Å². The van der Waals surface area contributed by atoms with Crippen LogP contribution in [0.25, 0.3) is 0 Å². The second-order valence-electron chi connectivity index (χ2n) is 5.61. The zero-order valence-corrected chi connectivity index (χ0v) is 14.1. The highest BCUT2D eigenvalue weighted by Gasteiger charge is 2.60. The molecule has 1 aliphatic carbocycles. The van der Waals surface area contributed by atoms with E-state index < -0.39 is 23.6 Å². The van der Waals surface area contributed by atoms with Crippen LogP contribution in [0.1, 0.15) is 21.5 Å². The van der Waals surface area contributed by atoms with Gasteiger partial charge in [0, 0.05) is 16.5 Å². The Morgan fingerprint density at radius 3 is 2.50 bits per heavy atom. The van der Waals surface area contributed by atoms with Crippen molar-refractivity contribution in [2.45, 2.75) is 19.5 Å². The number of rotatable bonds is 4. The van der Waals surface area contributed by atoms with Crippen molar-refractivity contribution < 1.29 is 23.1 Å². The predicted octanol–water partition coefficient (Wildman–Crippen LogP) is 4.18. The lowest BCUT2D eigenvalue weighted by Gasteiger charge is -2.24. The summed E-state index contributed by atoms with van der Waals surface area (Å²) in [7, 11) is 0. The van der Waals surface area contributed by atoms with Crippen molar-refractivity contribution in [1.82, 2.24) is 0 Å². The molecule has 2 aromatic carbocycles. The number of Topliss-reactive ketones (excluding diaryl/α,β-unsaturated/α-hetero) is 1. The Kier molecular flexibility index (Phi) is 4.49. The van der Waals surface area contributed by atoms with Crippen molar-refractivity contribution >= 4 is 27.7 Å². The fourth-order valence-corrected chi connectivity index (χ4v) is 3.34. The van der Waals surface area contributed by atoms with Crippen molar-refractivity contribution in [3.05, 3.63) is 69.7 Å². The highest BCUT2D eigenvalue weighted by Crippen LogP contribution is 2.45. The number of benzene rings is 2. The van der Waals surface area contributed by atoms with E-state index in [0.29, 0.717) is 15.6 Å². The Balaban J connectivity index is 1.89. The third-order valence-corrected chi connectivity index (χ3v) is 4.92. The SMILES string of the molecule is O=C(OCc1ccccc1)C1(C(F)F)Cc2c(Br)cccc2C1=O. The Bertz CT molecular complexity index is 792. The van der Waals surface area contributed by atoms with Gasteiger partial charge in [0.15, 0.2) is 11.2 Å². The number of ether oxygens (including phenoxy) is 1. The minimum atomic E-state index is -3.15. The van der Waals surface area contributed by atoms with Gasteiger partial charge in [-0.15, -0.1) is 0 Å². The minimum absolute atomic E-state index is 0.140. The number of hydrogen-bond acceptors (Lipinski definition) is 3. The summed E-state index contributed by atoms with van der Waals surface area (Å²) in [5, 5.41) is 0. The number of carbonyl (C=O) groups excluding carboxylic acids is 2. The normalized spacial score (nSPS) is 19.4. The van der Waals surface area contributed by atoms with Crippen LogP contribution in [-0.4, -0.2) is 18.2 Å². The molecule has 0 saturated carbocycles. The Morgan fingerprint density at radius 1 is 1.17 bits per heavy atom. The van der Waals surface area contributed by atoms with E-state index in [-0.39, 0.29) is 18.6 Å². The average Bonchev–Trinajstić information content (AvgIpc) is 2.89.